The van der Waals surface area contributed by atoms with Gasteiger partial charge in [-0.25, -0.2) is 0 Å². The van der Waals surface area contributed by atoms with Gasteiger partial charge in [-0.3, -0.25) is 0 Å². The molecule has 0 aliphatic rings. The Hall–Kier alpha value is -0.0431. The van der Waals surface area contributed by atoms with Gasteiger partial charge < -0.3 is 0 Å². The molecule has 0 fully saturated rings. The van der Waals surface area contributed by atoms with Crippen molar-refractivity contribution in [2.24, 2.45) is 0 Å². The lowest BCUT2D eigenvalue weighted by Gasteiger charge is -2.22. The van der Waals surface area contributed by atoms with E-state index in [0.29, 0.717) is 0 Å². The van der Waals surface area contributed by atoms with Crippen molar-refractivity contribution >= 4 is 8.80 Å². The summed E-state index contributed by atoms with van der Waals surface area (Å²) in [5, 5.41) is 1.46. The van der Waals surface area contributed by atoms with Gasteiger partial charge in [0.2, 0.25) is 0 Å². The minimum absolute atomic E-state index is 0.648. The Labute approximate surface area is 66.9 Å². The SMILES string of the molecule is C=C(C)[SiH](C(C)C)C(C)C. The molecule has 1 heteroatoms. The number of allylic oxidation sites excluding steroid dienone is 1. The van der Waals surface area contributed by atoms with Crippen LogP contribution in [-0.2, 0) is 0 Å². The second-order valence-corrected chi connectivity index (χ2v) is 8.56. The van der Waals surface area contributed by atoms with E-state index in [1.165, 1.54) is 5.20 Å². The molecule has 60 valence electrons. The highest BCUT2D eigenvalue weighted by atomic mass is 28.3. The minimum Gasteiger partial charge on any atom is -0.104 e. The summed E-state index contributed by atoms with van der Waals surface area (Å²) >= 11 is 0. The molecule has 10 heavy (non-hydrogen) atoms. The fourth-order valence-corrected chi connectivity index (χ4v) is 5.72. The zero-order valence-corrected chi connectivity index (χ0v) is 9.09. The standard InChI is InChI=1S/C9H20Si/c1-7(2)10(8(3)4)9(5)6/h8-10H,1H2,2-6H3. The lowest BCUT2D eigenvalue weighted by atomic mass is 10.5. The molecular weight excluding hydrogens is 136 g/mol. The predicted molar refractivity (Wildman–Crippen MR) is 52.2 cm³/mol. The van der Waals surface area contributed by atoms with Crippen LogP contribution < -0.4 is 0 Å². The van der Waals surface area contributed by atoms with Gasteiger partial charge in [-0.15, -0.1) is 6.58 Å². The monoisotopic (exact) mass is 156 g/mol. The van der Waals surface area contributed by atoms with Crippen LogP contribution >= 0.6 is 0 Å². The zero-order valence-electron chi connectivity index (χ0n) is 7.94. The van der Waals surface area contributed by atoms with E-state index in [-0.39, 0.29) is 0 Å². The van der Waals surface area contributed by atoms with E-state index in [1.54, 1.807) is 0 Å². The van der Waals surface area contributed by atoms with Gasteiger partial charge in [0.15, 0.2) is 0 Å². The van der Waals surface area contributed by atoms with E-state index in [1.807, 2.05) is 0 Å². The first-order valence-electron chi connectivity index (χ1n) is 4.12. The maximum atomic E-state index is 4.06. The normalized spacial score (nSPS) is 11.6. The molecule has 0 nitrogen and oxygen atoms in total. The second-order valence-electron chi connectivity index (χ2n) is 3.86. The van der Waals surface area contributed by atoms with Crippen LogP contribution in [0.15, 0.2) is 11.8 Å². The second kappa shape index (κ2) is 3.97. The van der Waals surface area contributed by atoms with Gasteiger partial charge in [0.1, 0.15) is 0 Å². The summed E-state index contributed by atoms with van der Waals surface area (Å²) in [7, 11) is -0.648. The molecule has 0 saturated heterocycles. The van der Waals surface area contributed by atoms with E-state index in [9.17, 15) is 0 Å². The van der Waals surface area contributed by atoms with Crippen molar-refractivity contribution in [1.29, 1.82) is 0 Å². The fourth-order valence-electron chi connectivity index (χ4n) is 1.91. The van der Waals surface area contributed by atoms with Gasteiger partial charge in [0.25, 0.3) is 0 Å². The number of hydrogen-bond donors (Lipinski definition) is 0. The van der Waals surface area contributed by atoms with E-state index in [2.05, 4.69) is 41.2 Å². The largest absolute Gasteiger partial charge is 0.104 e. The Kier molecular flexibility index (Phi) is 3.95. The van der Waals surface area contributed by atoms with Crippen LogP contribution in [0.2, 0.25) is 11.1 Å². The molecule has 0 radical (unpaired) electrons. The molecule has 0 amide bonds. The van der Waals surface area contributed by atoms with Gasteiger partial charge in [-0.1, -0.05) is 32.9 Å². The Balaban J connectivity index is 4.12. The summed E-state index contributed by atoms with van der Waals surface area (Å²) in [4.78, 5) is 0. The molecule has 0 aromatic rings. The highest BCUT2D eigenvalue weighted by molar-refractivity contribution is 6.69. The summed E-state index contributed by atoms with van der Waals surface area (Å²) in [5.74, 6) is 0. The molecule has 0 aromatic carbocycles. The lowest BCUT2D eigenvalue weighted by Crippen LogP contribution is -2.22. The van der Waals surface area contributed by atoms with Crippen molar-refractivity contribution < 1.29 is 0 Å². The molecule has 0 aliphatic carbocycles. The van der Waals surface area contributed by atoms with Crippen LogP contribution in [-0.4, -0.2) is 8.80 Å². The van der Waals surface area contributed by atoms with Gasteiger partial charge in [0.05, 0.1) is 8.80 Å². The number of hydrogen-bond acceptors (Lipinski definition) is 0. The van der Waals surface area contributed by atoms with E-state index < -0.39 is 8.80 Å². The van der Waals surface area contributed by atoms with E-state index in [0.717, 1.165) is 11.1 Å². The molecule has 0 atom stereocenters. The van der Waals surface area contributed by atoms with E-state index >= 15 is 0 Å². The van der Waals surface area contributed by atoms with Crippen LogP contribution in [0, 0.1) is 0 Å². The fraction of sp³-hybridized carbons (Fsp3) is 0.778. The molecule has 0 spiro atoms. The zero-order chi connectivity index (χ0) is 8.31. The van der Waals surface area contributed by atoms with Crippen LogP contribution in [0.5, 0.6) is 0 Å². The Bertz CT molecular complexity index is 106. The topological polar surface area (TPSA) is 0 Å². The minimum atomic E-state index is -0.648. The first kappa shape index (κ1) is 9.96. The molecular formula is C9H20Si. The first-order chi connectivity index (χ1) is 4.46. The summed E-state index contributed by atoms with van der Waals surface area (Å²) < 4.78 is 0. The summed E-state index contributed by atoms with van der Waals surface area (Å²) in [6.45, 7) is 15.6. The van der Waals surface area contributed by atoms with Crippen LogP contribution in [0.3, 0.4) is 0 Å². The maximum absolute atomic E-state index is 4.06. The number of rotatable bonds is 3. The maximum Gasteiger partial charge on any atom is 0.0695 e. The van der Waals surface area contributed by atoms with Crippen molar-refractivity contribution in [3.63, 3.8) is 0 Å². The van der Waals surface area contributed by atoms with Gasteiger partial charge >= 0.3 is 0 Å². The first-order valence-corrected chi connectivity index (χ1v) is 6.03. The van der Waals surface area contributed by atoms with Gasteiger partial charge in [-0.05, 0) is 18.0 Å². The average Bonchev–Trinajstić information content (AvgIpc) is 1.59. The van der Waals surface area contributed by atoms with Crippen molar-refractivity contribution in [3.8, 4) is 0 Å². The molecule has 0 saturated carbocycles. The molecule has 0 aromatic heterocycles. The summed E-state index contributed by atoms with van der Waals surface area (Å²) in [5.41, 5.74) is 1.75. The highest BCUT2D eigenvalue weighted by Gasteiger charge is 2.19. The quantitative estimate of drug-likeness (QED) is 0.551. The van der Waals surface area contributed by atoms with Crippen molar-refractivity contribution in [2.45, 2.75) is 45.7 Å². The van der Waals surface area contributed by atoms with Crippen LogP contribution in [0.1, 0.15) is 34.6 Å². The summed E-state index contributed by atoms with van der Waals surface area (Å²) in [6.07, 6.45) is 0. The smallest absolute Gasteiger partial charge is 0.0695 e. The van der Waals surface area contributed by atoms with Crippen LogP contribution in [0.4, 0.5) is 0 Å². The van der Waals surface area contributed by atoms with E-state index in [4.69, 9.17) is 0 Å². The third-order valence-corrected chi connectivity index (χ3v) is 6.02. The average molecular weight is 156 g/mol. The van der Waals surface area contributed by atoms with Gasteiger partial charge in [0, 0.05) is 0 Å². The third kappa shape index (κ3) is 2.69. The van der Waals surface area contributed by atoms with Crippen molar-refractivity contribution in [3.05, 3.63) is 11.8 Å². The highest BCUT2D eigenvalue weighted by Crippen LogP contribution is 2.24. The molecule has 0 unspecified atom stereocenters. The van der Waals surface area contributed by atoms with Crippen molar-refractivity contribution in [2.75, 3.05) is 0 Å². The predicted octanol–water partition coefficient (Wildman–Crippen LogP) is 3.15. The van der Waals surface area contributed by atoms with Crippen molar-refractivity contribution in [1.82, 2.24) is 0 Å². The molecule has 0 heterocycles. The van der Waals surface area contributed by atoms with Crippen LogP contribution in [0.25, 0.3) is 0 Å². The third-order valence-electron chi connectivity index (χ3n) is 2.01. The molecule has 0 N–H and O–H groups in total. The summed E-state index contributed by atoms with van der Waals surface area (Å²) in [6, 6.07) is 0. The molecule has 0 rings (SSSR count). The van der Waals surface area contributed by atoms with Gasteiger partial charge in [-0.2, -0.15) is 0 Å². The lowest BCUT2D eigenvalue weighted by molar-refractivity contribution is 0.942. The Morgan fingerprint density at radius 3 is 1.40 bits per heavy atom. The molecule has 0 aliphatic heterocycles. The molecule has 0 bridgehead atoms. The Morgan fingerprint density at radius 1 is 1.10 bits per heavy atom. The Morgan fingerprint density at radius 2 is 1.40 bits per heavy atom.